The molecule has 0 amide bonds. The Hall–Kier alpha value is 1.38. The number of rotatable bonds is 0. The monoisotopic (exact) mass is 415 g/mol. The van der Waals surface area contributed by atoms with Gasteiger partial charge in [0.2, 0.25) is 0 Å². The first-order chi connectivity index (χ1) is 1.73. The summed E-state index contributed by atoms with van der Waals surface area (Å²) in [6.45, 7) is 1.08. The van der Waals surface area contributed by atoms with Crippen LogP contribution in [0.1, 0.15) is 6.92 Å². The van der Waals surface area contributed by atoms with Crippen molar-refractivity contribution in [2.45, 2.75) is 6.92 Å². The number of hydrogen-bond donors (Lipinski definition) is 1. The van der Waals surface area contributed by atoms with Gasteiger partial charge in [0.1, 0.15) is 0 Å². The molecule has 0 heterocycles. The van der Waals surface area contributed by atoms with E-state index in [1.54, 1.807) is 0 Å². The zero-order valence-electron chi connectivity index (χ0n) is 7.25. The van der Waals surface area contributed by atoms with Crippen molar-refractivity contribution >= 4 is 18.4 Å². The van der Waals surface area contributed by atoms with E-state index >= 15 is 0 Å². The smallest absolute Gasteiger partial charge is 0.300 e. The first-order valence-corrected chi connectivity index (χ1v) is 0.928. The molecular formula is C2H19ClCrO9Pr. The first kappa shape index (κ1) is 166. The number of carboxylic acids is 1. The van der Waals surface area contributed by atoms with Crippen LogP contribution in [0, 0.1) is 41.3 Å². The van der Waals surface area contributed by atoms with E-state index in [9.17, 15) is 0 Å². The summed E-state index contributed by atoms with van der Waals surface area (Å²) >= 11 is 0. The third-order valence-electron chi connectivity index (χ3n) is 0. The molecule has 0 aromatic carbocycles. The van der Waals surface area contributed by atoms with E-state index in [1.807, 2.05) is 0 Å². The average molecular weight is 416 g/mol. The molecule has 0 aliphatic heterocycles. The van der Waals surface area contributed by atoms with Crippen LogP contribution in [-0.4, -0.2) is 49.4 Å². The van der Waals surface area contributed by atoms with Gasteiger partial charge in [0, 0.05) is 65.6 Å². The molecule has 15 N–H and O–H groups in total. The molecule has 0 aliphatic carbocycles. The van der Waals surface area contributed by atoms with Gasteiger partial charge in [0.15, 0.2) is 0 Å². The Morgan fingerprint density at radius 2 is 0.857 bits per heavy atom. The fraction of sp³-hybridized carbons (Fsp3) is 0.500. The van der Waals surface area contributed by atoms with Gasteiger partial charge in [0.25, 0.3) is 5.97 Å². The molecule has 1 radical (unpaired) electrons. The molecule has 12 heteroatoms. The molecule has 0 aromatic heterocycles. The normalized spacial score (nSPS) is 1.79. The van der Waals surface area contributed by atoms with E-state index < -0.39 is 5.97 Å². The predicted molar refractivity (Wildman–Crippen MR) is 45.9 cm³/mol. The minimum atomic E-state index is -0.833. The summed E-state index contributed by atoms with van der Waals surface area (Å²) < 4.78 is 0. The third-order valence-corrected chi connectivity index (χ3v) is 0. The largest absolute Gasteiger partial charge is 0.481 e. The Labute approximate surface area is 131 Å². The second-order valence-electron chi connectivity index (χ2n) is 0.519. The maximum atomic E-state index is 9.00. The minimum Gasteiger partial charge on any atom is -0.481 e. The summed E-state index contributed by atoms with van der Waals surface area (Å²) in [6, 6.07) is 0. The van der Waals surface area contributed by atoms with Crippen molar-refractivity contribution in [2.75, 3.05) is 0 Å². The summed E-state index contributed by atoms with van der Waals surface area (Å²) in [5.41, 5.74) is 0. The van der Waals surface area contributed by atoms with Crippen molar-refractivity contribution in [1.29, 1.82) is 0 Å². The molecule has 9 nitrogen and oxygen atoms in total. The number of carbonyl (C=O) groups is 1. The molecule has 0 unspecified atom stereocenters. The molecule has 0 aliphatic rings. The van der Waals surface area contributed by atoms with Crippen LogP contribution in [0.25, 0.3) is 0 Å². The quantitative estimate of drug-likeness (QED) is 0.406. The Morgan fingerprint density at radius 1 is 0.857 bits per heavy atom. The predicted octanol–water partition coefficient (Wildman–Crippen LogP) is -5.26. The molecule has 0 atom stereocenters. The average Bonchev–Trinajstić information content (AvgIpc) is 0.811. The molecule has 0 bridgehead atoms. The van der Waals surface area contributed by atoms with E-state index in [4.69, 9.17) is 9.90 Å². The van der Waals surface area contributed by atoms with Crippen molar-refractivity contribution in [2.24, 2.45) is 0 Å². The van der Waals surface area contributed by atoms with Crippen LogP contribution >= 0.6 is 12.4 Å². The SMILES string of the molecule is CC(=O)O.Cl.O.O.O.O.O.O.O.[Cr].[Pr]. The summed E-state index contributed by atoms with van der Waals surface area (Å²) in [6.07, 6.45) is 0. The fourth-order valence-corrected chi connectivity index (χ4v) is 0. The molecule has 0 saturated carbocycles. The van der Waals surface area contributed by atoms with E-state index in [2.05, 4.69) is 0 Å². The zero-order chi connectivity index (χ0) is 3.58. The molecule has 97 valence electrons. The van der Waals surface area contributed by atoms with Crippen molar-refractivity contribution < 1.29 is 107 Å². The van der Waals surface area contributed by atoms with Crippen LogP contribution < -0.4 is 0 Å². The molecule has 0 fully saturated rings. The van der Waals surface area contributed by atoms with Gasteiger partial charge in [-0.15, -0.1) is 12.4 Å². The molecule has 0 aromatic rings. The van der Waals surface area contributed by atoms with Gasteiger partial charge in [-0.1, -0.05) is 0 Å². The molecule has 0 saturated heterocycles. The zero-order valence-corrected chi connectivity index (χ0v) is 13.0. The number of aliphatic carboxylic acids is 1. The van der Waals surface area contributed by atoms with Crippen LogP contribution in [-0.2, 0) is 22.2 Å². The van der Waals surface area contributed by atoms with Crippen LogP contribution in [0.15, 0.2) is 0 Å². The fourth-order valence-electron chi connectivity index (χ4n) is 0. The van der Waals surface area contributed by atoms with Crippen molar-refractivity contribution in [3.63, 3.8) is 0 Å². The maximum Gasteiger partial charge on any atom is 0.300 e. The Bertz CT molecular complexity index is 45.8. The van der Waals surface area contributed by atoms with Gasteiger partial charge in [-0.25, -0.2) is 0 Å². The van der Waals surface area contributed by atoms with E-state index in [-0.39, 0.29) is 109 Å². The van der Waals surface area contributed by atoms with Crippen LogP contribution in [0.3, 0.4) is 0 Å². The van der Waals surface area contributed by atoms with Crippen molar-refractivity contribution in [3.8, 4) is 0 Å². The van der Waals surface area contributed by atoms with Crippen molar-refractivity contribution in [3.05, 3.63) is 0 Å². The molecule has 0 rings (SSSR count). The van der Waals surface area contributed by atoms with E-state index in [0.717, 1.165) is 6.92 Å². The number of halogens is 1. The second kappa shape index (κ2) is 134. The molecule has 14 heavy (non-hydrogen) atoms. The Balaban J connectivity index is -0.000000001000. The second-order valence-corrected chi connectivity index (χ2v) is 0.519. The van der Waals surface area contributed by atoms with Gasteiger partial charge in [-0.2, -0.15) is 0 Å². The van der Waals surface area contributed by atoms with Crippen LogP contribution in [0.4, 0.5) is 0 Å². The molecule has 0 spiro atoms. The van der Waals surface area contributed by atoms with Gasteiger partial charge < -0.3 is 43.4 Å². The van der Waals surface area contributed by atoms with Gasteiger partial charge >= 0.3 is 0 Å². The van der Waals surface area contributed by atoms with Gasteiger partial charge in [-0.3, -0.25) is 4.79 Å². The number of carboxylic acid groups (broad SMARTS) is 1. The summed E-state index contributed by atoms with van der Waals surface area (Å²) in [5, 5.41) is 7.42. The molecular weight excluding hydrogens is 396 g/mol. The minimum absolute atomic E-state index is 0. The standard InChI is InChI=1S/C2H4O2.ClH.Cr.7H2O.Pr/c1-2(3)4;;;;;;;;;;/h1H3,(H,3,4);1H;;7*1H2;. The van der Waals surface area contributed by atoms with Crippen LogP contribution in [0.2, 0.25) is 0 Å². The van der Waals surface area contributed by atoms with E-state index in [0.29, 0.717) is 0 Å². The summed E-state index contributed by atoms with van der Waals surface area (Å²) in [4.78, 5) is 9.00. The number of hydrogen-bond acceptors (Lipinski definition) is 1. The Morgan fingerprint density at radius 3 is 0.857 bits per heavy atom. The maximum absolute atomic E-state index is 9.00. The van der Waals surface area contributed by atoms with Crippen molar-refractivity contribution in [1.82, 2.24) is 0 Å². The Kier molecular flexibility index (Phi) is 1590. The first-order valence-electron chi connectivity index (χ1n) is 0.928. The summed E-state index contributed by atoms with van der Waals surface area (Å²) in [7, 11) is 0. The topological polar surface area (TPSA) is 258 Å². The van der Waals surface area contributed by atoms with Crippen LogP contribution in [0.5, 0.6) is 0 Å². The van der Waals surface area contributed by atoms with Gasteiger partial charge in [0.05, 0.1) is 0 Å². The third kappa shape index (κ3) is 1080. The summed E-state index contributed by atoms with van der Waals surface area (Å²) in [5.74, 6) is -0.833. The van der Waals surface area contributed by atoms with E-state index in [1.165, 1.54) is 0 Å². The van der Waals surface area contributed by atoms with Gasteiger partial charge in [-0.05, 0) is 0 Å².